The molecule has 12 heavy (non-hydrogen) atoms. The van der Waals surface area contributed by atoms with E-state index < -0.39 is 0 Å². The number of hydrogen-bond donors (Lipinski definition) is 1. The van der Waals surface area contributed by atoms with E-state index in [1.165, 1.54) is 17.5 Å². The highest BCUT2D eigenvalue weighted by atomic mass is 16.5. The van der Waals surface area contributed by atoms with Crippen LogP contribution in [0.25, 0.3) is 0 Å². The summed E-state index contributed by atoms with van der Waals surface area (Å²) in [6, 6.07) is 4.00. The third kappa shape index (κ3) is 1.04. The van der Waals surface area contributed by atoms with Crippen molar-refractivity contribution in [1.29, 1.82) is 0 Å². The summed E-state index contributed by atoms with van der Waals surface area (Å²) in [6.45, 7) is 0. The molecular weight excluding hydrogens is 150 g/mol. The molecular formula is C10H13NO. The monoisotopic (exact) mass is 163 g/mol. The maximum atomic E-state index is 5.87. The minimum Gasteiger partial charge on any atom is -0.497 e. The molecule has 1 aliphatic carbocycles. The Morgan fingerprint density at radius 2 is 2.17 bits per heavy atom. The number of hydrogen-bond acceptors (Lipinski definition) is 2. The minimum atomic E-state index is 0.883. The summed E-state index contributed by atoms with van der Waals surface area (Å²) in [5.74, 6) is 0.883. The number of ether oxygens (including phenoxy) is 1. The van der Waals surface area contributed by atoms with E-state index in [0.29, 0.717) is 0 Å². The van der Waals surface area contributed by atoms with E-state index in [4.69, 9.17) is 10.5 Å². The number of nitrogen functional groups attached to an aromatic ring is 1. The summed E-state index contributed by atoms with van der Waals surface area (Å²) < 4.78 is 5.14. The van der Waals surface area contributed by atoms with E-state index >= 15 is 0 Å². The van der Waals surface area contributed by atoms with Crippen molar-refractivity contribution in [3.8, 4) is 5.75 Å². The van der Waals surface area contributed by atoms with E-state index in [0.717, 1.165) is 24.3 Å². The number of fused-ring (bicyclic) bond motifs is 1. The molecule has 0 aromatic heterocycles. The molecule has 0 saturated heterocycles. The number of benzene rings is 1. The molecule has 2 heteroatoms. The van der Waals surface area contributed by atoms with Gasteiger partial charge >= 0.3 is 0 Å². The van der Waals surface area contributed by atoms with Gasteiger partial charge in [0.15, 0.2) is 0 Å². The standard InChI is InChI=1S/C10H13NO/c1-12-8-5-7-3-2-4-9(7)10(11)6-8/h5-6H,2-4,11H2,1H3. The third-order valence-corrected chi connectivity index (χ3v) is 2.46. The van der Waals surface area contributed by atoms with Crippen molar-refractivity contribution in [1.82, 2.24) is 0 Å². The zero-order valence-corrected chi connectivity index (χ0v) is 7.26. The van der Waals surface area contributed by atoms with Gasteiger partial charge in [-0.3, -0.25) is 0 Å². The molecule has 0 aliphatic heterocycles. The first kappa shape index (κ1) is 7.47. The number of rotatable bonds is 1. The van der Waals surface area contributed by atoms with Crippen LogP contribution in [0, 0.1) is 0 Å². The summed E-state index contributed by atoms with van der Waals surface area (Å²) in [5.41, 5.74) is 9.46. The molecule has 1 aromatic rings. The molecule has 0 saturated carbocycles. The zero-order chi connectivity index (χ0) is 8.55. The van der Waals surface area contributed by atoms with Crippen molar-refractivity contribution in [2.75, 3.05) is 12.8 Å². The molecule has 0 bridgehead atoms. The molecule has 2 rings (SSSR count). The van der Waals surface area contributed by atoms with Gasteiger partial charge in [0.25, 0.3) is 0 Å². The van der Waals surface area contributed by atoms with E-state index in [9.17, 15) is 0 Å². The number of anilines is 1. The summed E-state index contributed by atoms with van der Waals surface area (Å²) >= 11 is 0. The topological polar surface area (TPSA) is 35.2 Å². The quantitative estimate of drug-likeness (QED) is 0.640. The van der Waals surface area contributed by atoms with Gasteiger partial charge < -0.3 is 10.5 Å². The molecule has 2 nitrogen and oxygen atoms in total. The predicted octanol–water partition coefficient (Wildman–Crippen LogP) is 1.77. The van der Waals surface area contributed by atoms with Crippen LogP contribution in [0.5, 0.6) is 5.75 Å². The maximum Gasteiger partial charge on any atom is 0.121 e. The van der Waals surface area contributed by atoms with Crippen LogP contribution in [0.3, 0.4) is 0 Å². The van der Waals surface area contributed by atoms with Gasteiger partial charge in [0, 0.05) is 11.8 Å². The summed E-state index contributed by atoms with van der Waals surface area (Å²) in [4.78, 5) is 0. The average molecular weight is 163 g/mol. The Morgan fingerprint density at radius 1 is 1.33 bits per heavy atom. The first-order valence-corrected chi connectivity index (χ1v) is 4.26. The Labute approximate surface area is 72.3 Å². The molecule has 0 atom stereocenters. The highest BCUT2D eigenvalue weighted by Crippen LogP contribution is 2.31. The van der Waals surface area contributed by atoms with Crippen molar-refractivity contribution in [3.63, 3.8) is 0 Å². The third-order valence-electron chi connectivity index (χ3n) is 2.46. The molecule has 0 amide bonds. The first-order chi connectivity index (χ1) is 5.81. The Bertz CT molecular complexity index is 307. The fraction of sp³-hybridized carbons (Fsp3) is 0.400. The Balaban J connectivity index is 2.51. The fourth-order valence-corrected chi connectivity index (χ4v) is 1.83. The predicted molar refractivity (Wildman–Crippen MR) is 49.4 cm³/mol. The molecule has 0 heterocycles. The summed E-state index contributed by atoms with van der Waals surface area (Å²) in [5, 5.41) is 0. The Morgan fingerprint density at radius 3 is 2.92 bits per heavy atom. The van der Waals surface area contributed by atoms with Gasteiger partial charge in [0.05, 0.1) is 7.11 Å². The number of aryl methyl sites for hydroxylation is 1. The fourth-order valence-electron chi connectivity index (χ4n) is 1.83. The zero-order valence-electron chi connectivity index (χ0n) is 7.26. The highest BCUT2D eigenvalue weighted by Gasteiger charge is 2.14. The van der Waals surface area contributed by atoms with Crippen molar-refractivity contribution >= 4 is 5.69 Å². The molecule has 2 N–H and O–H groups in total. The molecule has 0 spiro atoms. The van der Waals surface area contributed by atoms with Crippen LogP contribution in [0.1, 0.15) is 17.5 Å². The average Bonchev–Trinajstić information content (AvgIpc) is 2.52. The van der Waals surface area contributed by atoms with Crippen LogP contribution in [-0.2, 0) is 12.8 Å². The van der Waals surface area contributed by atoms with Crippen LogP contribution in [-0.4, -0.2) is 7.11 Å². The second kappa shape index (κ2) is 2.70. The lowest BCUT2D eigenvalue weighted by Crippen LogP contribution is -1.95. The minimum absolute atomic E-state index is 0.883. The van der Waals surface area contributed by atoms with Gasteiger partial charge in [-0.15, -0.1) is 0 Å². The van der Waals surface area contributed by atoms with Crippen molar-refractivity contribution in [2.24, 2.45) is 0 Å². The number of methoxy groups -OCH3 is 1. The van der Waals surface area contributed by atoms with E-state index in [-0.39, 0.29) is 0 Å². The van der Waals surface area contributed by atoms with E-state index in [1.54, 1.807) is 7.11 Å². The van der Waals surface area contributed by atoms with E-state index in [1.807, 2.05) is 6.07 Å². The SMILES string of the molecule is COc1cc(N)c2c(c1)CCC2. The molecule has 1 aliphatic rings. The van der Waals surface area contributed by atoms with Gasteiger partial charge in [0.2, 0.25) is 0 Å². The summed E-state index contributed by atoms with van der Waals surface area (Å²) in [7, 11) is 1.68. The van der Waals surface area contributed by atoms with Gasteiger partial charge in [-0.1, -0.05) is 0 Å². The lowest BCUT2D eigenvalue weighted by molar-refractivity contribution is 0.414. The Hall–Kier alpha value is -1.18. The van der Waals surface area contributed by atoms with E-state index in [2.05, 4.69) is 6.07 Å². The number of nitrogens with two attached hydrogens (primary N) is 1. The normalized spacial score (nSPS) is 14.4. The van der Waals surface area contributed by atoms with Crippen LogP contribution in [0.15, 0.2) is 12.1 Å². The van der Waals surface area contributed by atoms with Crippen LogP contribution >= 0.6 is 0 Å². The van der Waals surface area contributed by atoms with Gasteiger partial charge in [-0.25, -0.2) is 0 Å². The van der Waals surface area contributed by atoms with Gasteiger partial charge in [0.1, 0.15) is 5.75 Å². The maximum absolute atomic E-state index is 5.87. The molecule has 0 radical (unpaired) electrons. The molecule has 1 aromatic carbocycles. The van der Waals surface area contributed by atoms with Gasteiger partial charge in [-0.2, -0.15) is 0 Å². The molecule has 0 unspecified atom stereocenters. The second-order valence-electron chi connectivity index (χ2n) is 3.21. The lowest BCUT2D eigenvalue weighted by atomic mass is 10.1. The van der Waals surface area contributed by atoms with Crippen LogP contribution in [0.4, 0.5) is 5.69 Å². The summed E-state index contributed by atoms with van der Waals surface area (Å²) in [6.07, 6.45) is 3.51. The smallest absolute Gasteiger partial charge is 0.121 e. The highest BCUT2D eigenvalue weighted by molar-refractivity contribution is 5.57. The van der Waals surface area contributed by atoms with Crippen molar-refractivity contribution in [2.45, 2.75) is 19.3 Å². The largest absolute Gasteiger partial charge is 0.497 e. The first-order valence-electron chi connectivity index (χ1n) is 4.26. The Kier molecular flexibility index (Phi) is 1.68. The molecule has 0 fully saturated rings. The van der Waals surface area contributed by atoms with Gasteiger partial charge in [-0.05, 0) is 36.5 Å². The van der Waals surface area contributed by atoms with Crippen molar-refractivity contribution < 1.29 is 4.74 Å². The second-order valence-corrected chi connectivity index (χ2v) is 3.21. The lowest BCUT2D eigenvalue weighted by Gasteiger charge is -2.06. The van der Waals surface area contributed by atoms with Crippen LogP contribution < -0.4 is 10.5 Å². The van der Waals surface area contributed by atoms with Crippen molar-refractivity contribution in [3.05, 3.63) is 23.3 Å². The van der Waals surface area contributed by atoms with Crippen LogP contribution in [0.2, 0.25) is 0 Å². The molecule has 64 valence electrons.